The van der Waals surface area contributed by atoms with Crippen LogP contribution < -0.4 is 0 Å². The molecule has 0 aliphatic carbocycles. The lowest BCUT2D eigenvalue weighted by atomic mass is 10.0. The molecular weight excluding hydrogens is 260 g/mol. The second kappa shape index (κ2) is 4.75. The third-order valence-electron chi connectivity index (χ3n) is 3.33. The molecule has 0 unspecified atom stereocenters. The predicted molar refractivity (Wildman–Crippen MR) is 62.9 cm³/mol. The molecule has 0 aromatic carbocycles. The van der Waals surface area contributed by atoms with Crippen LogP contribution in [0.5, 0.6) is 0 Å². The van der Waals surface area contributed by atoms with Gasteiger partial charge in [0.05, 0.1) is 17.4 Å². The lowest BCUT2D eigenvalue weighted by molar-refractivity contribution is -0.146. The van der Waals surface area contributed by atoms with Gasteiger partial charge in [-0.25, -0.2) is 13.2 Å². The Hall–Kier alpha value is -1.31. The fraction of sp³-hybridized carbons (Fsp3) is 0.800. The Balaban J connectivity index is 1.89. The van der Waals surface area contributed by atoms with E-state index in [0.29, 0.717) is 13.0 Å². The molecule has 102 valence electrons. The maximum absolute atomic E-state index is 12.0. The first-order valence-corrected chi connectivity index (χ1v) is 7.68. The van der Waals surface area contributed by atoms with Crippen molar-refractivity contribution in [2.24, 2.45) is 5.92 Å². The number of carboxylic acids is 1. The number of sulfone groups is 1. The molecule has 0 spiro atoms. The van der Waals surface area contributed by atoms with Crippen molar-refractivity contribution >= 4 is 21.8 Å². The summed E-state index contributed by atoms with van der Waals surface area (Å²) in [6.45, 7) is 1.07. The van der Waals surface area contributed by atoms with Crippen LogP contribution in [0, 0.1) is 5.92 Å². The highest BCUT2D eigenvalue weighted by Crippen LogP contribution is 2.18. The van der Waals surface area contributed by atoms with Crippen molar-refractivity contribution < 1.29 is 23.1 Å². The third kappa shape index (κ3) is 2.74. The van der Waals surface area contributed by atoms with Gasteiger partial charge in [-0.3, -0.25) is 4.79 Å². The number of rotatable bonds is 1. The largest absolute Gasteiger partial charge is 0.481 e. The van der Waals surface area contributed by atoms with Gasteiger partial charge in [-0.05, 0) is 6.42 Å². The quantitative estimate of drug-likeness (QED) is 0.679. The normalized spacial score (nSPS) is 24.2. The van der Waals surface area contributed by atoms with Crippen LogP contribution in [0.1, 0.15) is 6.42 Å². The third-order valence-corrected chi connectivity index (χ3v) is 5.04. The first-order chi connectivity index (χ1) is 8.39. The van der Waals surface area contributed by atoms with Gasteiger partial charge in [-0.2, -0.15) is 0 Å². The molecule has 7 nitrogen and oxygen atoms in total. The van der Waals surface area contributed by atoms with E-state index in [9.17, 15) is 18.0 Å². The average Bonchev–Trinajstić information content (AvgIpc) is 2.36. The Kier molecular flexibility index (Phi) is 3.47. The van der Waals surface area contributed by atoms with Gasteiger partial charge in [0.15, 0.2) is 9.84 Å². The SMILES string of the molecule is O=C(O)C1CN(C(=O)N2CCCS(=O)(=O)CC2)C1. The van der Waals surface area contributed by atoms with Crippen LogP contribution in [-0.4, -0.2) is 73.0 Å². The number of amides is 2. The number of carboxylic acid groups (broad SMARTS) is 1. The minimum absolute atomic E-state index is 0.00502. The zero-order valence-electron chi connectivity index (χ0n) is 9.91. The van der Waals surface area contributed by atoms with E-state index < -0.39 is 21.7 Å². The number of likely N-dealkylation sites (tertiary alicyclic amines) is 1. The second-order valence-electron chi connectivity index (χ2n) is 4.72. The first-order valence-electron chi connectivity index (χ1n) is 5.86. The van der Waals surface area contributed by atoms with Crippen LogP contribution in [-0.2, 0) is 14.6 Å². The van der Waals surface area contributed by atoms with Crippen LogP contribution in [0.25, 0.3) is 0 Å². The van der Waals surface area contributed by atoms with Crippen LogP contribution in [0.2, 0.25) is 0 Å². The number of hydrogen-bond donors (Lipinski definition) is 1. The fourth-order valence-corrected chi connectivity index (χ4v) is 3.39. The molecule has 8 heteroatoms. The van der Waals surface area contributed by atoms with E-state index in [2.05, 4.69) is 0 Å². The van der Waals surface area contributed by atoms with Gasteiger partial charge in [0.25, 0.3) is 0 Å². The number of urea groups is 1. The van der Waals surface area contributed by atoms with Gasteiger partial charge in [-0.1, -0.05) is 0 Å². The van der Waals surface area contributed by atoms with Crippen LogP contribution in [0.15, 0.2) is 0 Å². The van der Waals surface area contributed by atoms with Crippen molar-refractivity contribution in [3.8, 4) is 0 Å². The summed E-state index contributed by atoms with van der Waals surface area (Å²) in [5, 5.41) is 8.73. The lowest BCUT2D eigenvalue weighted by Crippen LogP contribution is -2.57. The minimum atomic E-state index is -3.03. The van der Waals surface area contributed by atoms with Gasteiger partial charge >= 0.3 is 12.0 Å². The molecule has 0 aromatic heterocycles. The molecule has 2 aliphatic rings. The average molecular weight is 276 g/mol. The molecule has 2 amide bonds. The molecule has 2 saturated heterocycles. The summed E-state index contributed by atoms with van der Waals surface area (Å²) in [4.78, 5) is 25.6. The molecular formula is C10H16N2O5S. The Morgan fingerprint density at radius 1 is 1.06 bits per heavy atom. The predicted octanol–water partition coefficient (Wildman–Crippen LogP) is -0.757. The summed E-state index contributed by atoms with van der Waals surface area (Å²) in [7, 11) is -3.03. The molecule has 1 N–H and O–H groups in total. The molecule has 2 heterocycles. The molecule has 0 saturated carbocycles. The van der Waals surface area contributed by atoms with Gasteiger partial charge in [0, 0.05) is 26.2 Å². The van der Waals surface area contributed by atoms with Crippen LogP contribution in [0.4, 0.5) is 4.79 Å². The maximum atomic E-state index is 12.0. The number of nitrogens with zero attached hydrogens (tertiary/aromatic N) is 2. The zero-order valence-corrected chi connectivity index (χ0v) is 10.7. The highest BCUT2D eigenvalue weighted by atomic mass is 32.2. The van der Waals surface area contributed by atoms with E-state index in [-0.39, 0.29) is 37.2 Å². The molecule has 18 heavy (non-hydrogen) atoms. The standard InChI is InChI=1S/C10H16N2O5S/c13-9(14)8-6-12(7-8)10(15)11-2-1-4-18(16,17)5-3-11/h8H,1-7H2,(H,13,14). The van der Waals surface area contributed by atoms with Crippen molar-refractivity contribution in [2.75, 3.05) is 37.7 Å². The highest BCUT2D eigenvalue weighted by Gasteiger charge is 2.38. The highest BCUT2D eigenvalue weighted by molar-refractivity contribution is 7.91. The summed E-state index contributed by atoms with van der Waals surface area (Å²) in [6, 6.07) is -0.246. The van der Waals surface area contributed by atoms with Crippen molar-refractivity contribution in [3.05, 3.63) is 0 Å². The second-order valence-corrected chi connectivity index (χ2v) is 7.02. The van der Waals surface area contributed by atoms with Crippen molar-refractivity contribution in [3.63, 3.8) is 0 Å². The number of carbonyl (C=O) groups excluding carboxylic acids is 1. The fourth-order valence-electron chi connectivity index (χ4n) is 2.12. The minimum Gasteiger partial charge on any atom is -0.481 e. The number of hydrogen-bond acceptors (Lipinski definition) is 4. The Labute approximate surface area is 105 Å². The summed E-state index contributed by atoms with van der Waals surface area (Å²) < 4.78 is 22.8. The van der Waals surface area contributed by atoms with E-state index in [4.69, 9.17) is 5.11 Å². The molecule has 0 aromatic rings. The lowest BCUT2D eigenvalue weighted by Gasteiger charge is -2.39. The molecule has 0 bridgehead atoms. The topological polar surface area (TPSA) is 95.0 Å². The zero-order chi connectivity index (χ0) is 13.3. The van der Waals surface area contributed by atoms with Gasteiger partial charge in [0.1, 0.15) is 0 Å². The van der Waals surface area contributed by atoms with Gasteiger partial charge < -0.3 is 14.9 Å². The maximum Gasteiger partial charge on any atom is 0.320 e. The van der Waals surface area contributed by atoms with Crippen molar-refractivity contribution in [1.29, 1.82) is 0 Å². The van der Waals surface area contributed by atoms with Crippen molar-refractivity contribution in [2.45, 2.75) is 6.42 Å². The van der Waals surface area contributed by atoms with Crippen molar-refractivity contribution in [1.82, 2.24) is 9.80 Å². The van der Waals surface area contributed by atoms with Crippen LogP contribution >= 0.6 is 0 Å². The molecule has 2 rings (SSSR count). The first kappa shape index (κ1) is 13.1. The van der Waals surface area contributed by atoms with E-state index in [1.807, 2.05) is 0 Å². The Bertz CT molecular complexity index is 455. The summed E-state index contributed by atoms with van der Waals surface area (Å²) in [6.07, 6.45) is 0.449. The molecule has 0 radical (unpaired) electrons. The molecule has 0 atom stereocenters. The summed E-state index contributed by atoms with van der Waals surface area (Å²) in [5.74, 6) is -1.26. The Morgan fingerprint density at radius 2 is 1.72 bits per heavy atom. The van der Waals surface area contributed by atoms with Crippen LogP contribution in [0.3, 0.4) is 0 Å². The van der Waals surface area contributed by atoms with E-state index in [1.165, 1.54) is 9.80 Å². The monoisotopic (exact) mass is 276 g/mol. The number of aliphatic carboxylic acids is 1. The van der Waals surface area contributed by atoms with E-state index >= 15 is 0 Å². The number of carbonyl (C=O) groups is 2. The van der Waals surface area contributed by atoms with Gasteiger partial charge in [-0.15, -0.1) is 0 Å². The van der Waals surface area contributed by atoms with E-state index in [1.54, 1.807) is 0 Å². The molecule has 2 aliphatic heterocycles. The smallest absolute Gasteiger partial charge is 0.320 e. The van der Waals surface area contributed by atoms with E-state index in [0.717, 1.165) is 0 Å². The Morgan fingerprint density at radius 3 is 2.33 bits per heavy atom. The summed E-state index contributed by atoms with van der Waals surface area (Å²) >= 11 is 0. The molecule has 2 fully saturated rings. The van der Waals surface area contributed by atoms with Gasteiger partial charge in [0.2, 0.25) is 0 Å². The summed E-state index contributed by atoms with van der Waals surface area (Å²) in [5.41, 5.74) is 0.